The Balaban J connectivity index is 4.53. The second kappa shape index (κ2) is 48.1. The summed E-state index contributed by atoms with van der Waals surface area (Å²) in [5, 5.41) is 0. The zero-order chi connectivity index (χ0) is 47.0. The van der Waals surface area contributed by atoms with Gasteiger partial charge in [0.15, 0.2) is 0 Å². The average molecular weight is 906 g/mol. The number of carbonyl (C=O) groups excluding carboxylic acids is 4. The van der Waals surface area contributed by atoms with Crippen molar-refractivity contribution in [2.45, 2.75) is 234 Å². The lowest BCUT2D eigenvalue weighted by Crippen LogP contribution is -2.28. The van der Waals surface area contributed by atoms with E-state index in [4.69, 9.17) is 23.7 Å². The van der Waals surface area contributed by atoms with Gasteiger partial charge in [0.2, 0.25) is 0 Å². The summed E-state index contributed by atoms with van der Waals surface area (Å²) in [7, 11) is 0. The molecule has 0 spiro atoms. The van der Waals surface area contributed by atoms with E-state index < -0.39 is 12.1 Å². The predicted octanol–water partition coefficient (Wildman–Crippen LogP) is 14.6. The second-order valence-corrected chi connectivity index (χ2v) is 18.0. The fourth-order valence-electron chi connectivity index (χ4n) is 7.62. The first-order chi connectivity index (χ1) is 31.3. The Morgan fingerprint density at radius 2 is 0.812 bits per heavy atom. The van der Waals surface area contributed by atoms with Gasteiger partial charge in [-0.1, -0.05) is 155 Å². The summed E-state index contributed by atoms with van der Waals surface area (Å²) in [4.78, 5) is 52.4. The van der Waals surface area contributed by atoms with Crippen molar-refractivity contribution in [3.05, 3.63) is 24.3 Å². The van der Waals surface area contributed by atoms with Gasteiger partial charge < -0.3 is 28.6 Å². The van der Waals surface area contributed by atoms with Gasteiger partial charge in [-0.05, 0) is 102 Å². The van der Waals surface area contributed by atoms with Crippen molar-refractivity contribution in [1.82, 2.24) is 4.90 Å². The SMILES string of the molecule is CCCCC/C=C\C/C=C\CCCCCCCC(=O)OCC(COC(=O)CCCCCCCCC(=O)OCC(CCCC)CCCCCC)COC(=O)OCCCN(CCC)CCC. The van der Waals surface area contributed by atoms with Crippen molar-refractivity contribution < 1.29 is 42.9 Å². The Labute approximate surface area is 393 Å². The molecule has 0 aliphatic heterocycles. The molecule has 0 rings (SSSR count). The number of esters is 3. The first kappa shape index (κ1) is 61.1. The van der Waals surface area contributed by atoms with Crippen LogP contribution in [0.25, 0.3) is 0 Å². The third-order valence-corrected chi connectivity index (χ3v) is 11.6. The van der Waals surface area contributed by atoms with Crippen LogP contribution < -0.4 is 0 Å². The van der Waals surface area contributed by atoms with Crippen LogP contribution in [-0.4, -0.2) is 81.6 Å². The normalized spacial score (nSPS) is 12.5. The molecule has 0 aromatic carbocycles. The van der Waals surface area contributed by atoms with Crippen LogP contribution in [0.5, 0.6) is 0 Å². The second-order valence-electron chi connectivity index (χ2n) is 18.0. The minimum absolute atomic E-state index is 0.00528. The van der Waals surface area contributed by atoms with Crippen LogP contribution in [0.2, 0.25) is 0 Å². The number of ether oxygens (including phenoxy) is 5. The number of carbonyl (C=O) groups is 4. The molecule has 0 fully saturated rings. The number of hydrogen-bond donors (Lipinski definition) is 0. The van der Waals surface area contributed by atoms with Gasteiger partial charge in [-0.15, -0.1) is 0 Å². The molecule has 0 aliphatic rings. The summed E-state index contributed by atoms with van der Waals surface area (Å²) in [6.45, 7) is 14.6. The summed E-state index contributed by atoms with van der Waals surface area (Å²) in [6, 6.07) is 0. The minimum atomic E-state index is -0.772. The average Bonchev–Trinajstić information content (AvgIpc) is 3.29. The molecule has 0 aromatic heterocycles. The molecule has 0 bridgehead atoms. The van der Waals surface area contributed by atoms with Gasteiger partial charge in [-0.3, -0.25) is 14.4 Å². The first-order valence-corrected chi connectivity index (χ1v) is 26.6. The van der Waals surface area contributed by atoms with Gasteiger partial charge in [0.25, 0.3) is 0 Å². The summed E-state index contributed by atoms with van der Waals surface area (Å²) < 4.78 is 27.5. The predicted molar refractivity (Wildman–Crippen MR) is 263 cm³/mol. The number of unbranched alkanes of at least 4 members (excludes halogenated alkanes) is 17. The molecule has 374 valence electrons. The fraction of sp³-hybridized carbons (Fsp3) is 0.852. The van der Waals surface area contributed by atoms with Crippen molar-refractivity contribution in [2.24, 2.45) is 11.8 Å². The third-order valence-electron chi connectivity index (χ3n) is 11.6. The third kappa shape index (κ3) is 43.0. The molecule has 0 saturated heterocycles. The van der Waals surface area contributed by atoms with E-state index in [0.29, 0.717) is 38.2 Å². The van der Waals surface area contributed by atoms with E-state index in [1.54, 1.807) is 0 Å². The van der Waals surface area contributed by atoms with Crippen molar-refractivity contribution in [1.29, 1.82) is 0 Å². The maximum absolute atomic E-state index is 12.7. The van der Waals surface area contributed by atoms with E-state index in [2.05, 4.69) is 63.8 Å². The molecule has 0 heterocycles. The minimum Gasteiger partial charge on any atom is -0.465 e. The van der Waals surface area contributed by atoms with Gasteiger partial charge in [-0.2, -0.15) is 0 Å². The number of hydrogen-bond acceptors (Lipinski definition) is 10. The van der Waals surface area contributed by atoms with Gasteiger partial charge in [-0.25, -0.2) is 4.79 Å². The Morgan fingerprint density at radius 1 is 0.391 bits per heavy atom. The number of nitrogens with zero attached hydrogens (tertiary/aromatic N) is 1. The first-order valence-electron chi connectivity index (χ1n) is 26.6. The Morgan fingerprint density at radius 3 is 1.33 bits per heavy atom. The van der Waals surface area contributed by atoms with Crippen molar-refractivity contribution in [3.63, 3.8) is 0 Å². The summed E-state index contributed by atoms with van der Waals surface area (Å²) >= 11 is 0. The van der Waals surface area contributed by atoms with E-state index in [-0.39, 0.29) is 44.3 Å². The molecule has 0 radical (unpaired) electrons. The molecule has 0 aromatic rings. The highest BCUT2D eigenvalue weighted by Gasteiger charge is 2.19. The molecule has 2 atom stereocenters. The smallest absolute Gasteiger partial charge is 0.465 e. The van der Waals surface area contributed by atoms with Crippen LogP contribution in [0.1, 0.15) is 234 Å². The lowest BCUT2D eigenvalue weighted by Gasteiger charge is -2.20. The quantitative estimate of drug-likeness (QED) is 0.0253. The molecule has 0 amide bonds. The van der Waals surface area contributed by atoms with E-state index in [0.717, 1.165) is 129 Å². The summed E-state index contributed by atoms with van der Waals surface area (Å²) in [5.41, 5.74) is 0. The van der Waals surface area contributed by atoms with E-state index in [1.807, 2.05) is 0 Å². The maximum atomic E-state index is 12.7. The van der Waals surface area contributed by atoms with Crippen molar-refractivity contribution in [2.75, 3.05) is 52.7 Å². The zero-order valence-electron chi connectivity index (χ0n) is 42.2. The maximum Gasteiger partial charge on any atom is 0.508 e. The molecule has 0 saturated carbocycles. The molecule has 64 heavy (non-hydrogen) atoms. The summed E-state index contributed by atoms with van der Waals surface area (Å²) in [5.74, 6) is -0.709. The highest BCUT2D eigenvalue weighted by Crippen LogP contribution is 2.19. The van der Waals surface area contributed by atoms with E-state index in [1.165, 1.54) is 64.2 Å². The largest absolute Gasteiger partial charge is 0.508 e. The van der Waals surface area contributed by atoms with Crippen molar-refractivity contribution >= 4 is 24.1 Å². The van der Waals surface area contributed by atoms with E-state index in [9.17, 15) is 19.2 Å². The molecule has 0 aliphatic carbocycles. The molecular formula is C54H99NO9. The van der Waals surface area contributed by atoms with Crippen LogP contribution in [0, 0.1) is 11.8 Å². The topological polar surface area (TPSA) is 118 Å². The monoisotopic (exact) mass is 906 g/mol. The summed E-state index contributed by atoms with van der Waals surface area (Å²) in [6.07, 6.45) is 39.5. The molecule has 10 nitrogen and oxygen atoms in total. The zero-order valence-corrected chi connectivity index (χ0v) is 42.2. The number of rotatable bonds is 47. The van der Waals surface area contributed by atoms with Crippen LogP contribution in [0.3, 0.4) is 0 Å². The highest BCUT2D eigenvalue weighted by molar-refractivity contribution is 5.70. The molecule has 2 unspecified atom stereocenters. The van der Waals surface area contributed by atoms with Crippen molar-refractivity contribution in [3.8, 4) is 0 Å². The molecule has 10 heteroatoms. The molecule has 0 N–H and O–H groups in total. The fourth-order valence-corrected chi connectivity index (χ4v) is 7.62. The standard InChI is InChI=1S/C54H99NO9/c1-6-11-14-16-17-18-19-20-21-22-23-24-25-28-32-39-52(57)62-46-50(48-64-54(59)60-44-35-43-55(41-9-4)42-10-5)47-63-53(58)40-34-30-27-26-29-33-38-51(56)61-45-49(36-13-8-3)37-31-15-12-7-2/h17-18,20-21,49-50H,6-16,19,22-48H2,1-5H3/b18-17-,21-20-. The van der Waals surface area contributed by atoms with Crippen LogP contribution in [0.4, 0.5) is 4.79 Å². The number of allylic oxidation sites excluding steroid dienone is 4. The van der Waals surface area contributed by atoms with Crippen LogP contribution in [-0.2, 0) is 38.1 Å². The van der Waals surface area contributed by atoms with Crippen LogP contribution in [0.15, 0.2) is 24.3 Å². The van der Waals surface area contributed by atoms with Gasteiger partial charge in [0, 0.05) is 25.8 Å². The Bertz CT molecular complexity index is 1140. The van der Waals surface area contributed by atoms with Crippen LogP contribution >= 0.6 is 0 Å². The Hall–Kier alpha value is -2.88. The van der Waals surface area contributed by atoms with Gasteiger partial charge in [0.1, 0.15) is 19.8 Å². The van der Waals surface area contributed by atoms with E-state index >= 15 is 0 Å². The van der Waals surface area contributed by atoms with Gasteiger partial charge in [0.05, 0.1) is 19.1 Å². The molecular weight excluding hydrogens is 807 g/mol. The van der Waals surface area contributed by atoms with Gasteiger partial charge >= 0.3 is 24.1 Å². The highest BCUT2D eigenvalue weighted by atomic mass is 16.7. The Kier molecular flexibility index (Phi) is 45.9. The lowest BCUT2D eigenvalue weighted by molar-refractivity contribution is -0.150. The lowest BCUT2D eigenvalue weighted by atomic mass is 9.96.